The highest BCUT2D eigenvalue weighted by molar-refractivity contribution is 5.82. The molecule has 3 N–H and O–H groups in total. The highest BCUT2D eigenvalue weighted by atomic mass is 16.6. The minimum Gasteiger partial charge on any atom is -0.486 e. The number of hydrogen-bond donors (Lipinski definition) is 2. The van der Waals surface area contributed by atoms with E-state index in [9.17, 15) is 9.90 Å². The molecule has 0 fully saturated rings. The number of imidazole rings is 1. The molecule has 1 aliphatic rings. The van der Waals surface area contributed by atoms with Crippen molar-refractivity contribution in [2.75, 3.05) is 18.9 Å². The maximum absolute atomic E-state index is 11.3. The van der Waals surface area contributed by atoms with Crippen LogP contribution in [0.2, 0.25) is 0 Å². The first kappa shape index (κ1) is 15.3. The second-order valence-electron chi connectivity index (χ2n) is 5.91. The predicted octanol–water partition coefficient (Wildman–Crippen LogP) is 2.07. The second-order valence-corrected chi connectivity index (χ2v) is 5.91. The van der Waals surface area contributed by atoms with Crippen LogP contribution in [0.5, 0.6) is 11.5 Å². The van der Waals surface area contributed by atoms with E-state index in [1.54, 1.807) is 16.7 Å². The molecule has 0 saturated heterocycles. The molecule has 0 aliphatic carbocycles. The van der Waals surface area contributed by atoms with Gasteiger partial charge < -0.3 is 24.9 Å². The molecule has 2 heterocycles. The first-order valence-corrected chi connectivity index (χ1v) is 7.95. The quantitative estimate of drug-likeness (QED) is 0.706. The van der Waals surface area contributed by atoms with Crippen LogP contribution in [-0.4, -0.2) is 33.8 Å². The number of hydrogen-bond acceptors (Lipinski definition) is 5. The zero-order valence-electron chi connectivity index (χ0n) is 13.4. The Bertz CT molecular complexity index is 947. The SMILES string of the molecule is Nc1ccc(Cc2nc3cc4c(cc3n2CC(=O)O)OCCO4)cc1. The highest BCUT2D eigenvalue weighted by Crippen LogP contribution is 2.35. The lowest BCUT2D eigenvalue weighted by Crippen LogP contribution is -2.15. The van der Waals surface area contributed by atoms with Gasteiger partial charge >= 0.3 is 5.97 Å². The minimum atomic E-state index is -0.923. The number of aromatic nitrogens is 2. The van der Waals surface area contributed by atoms with E-state index >= 15 is 0 Å². The topological polar surface area (TPSA) is 99.6 Å². The van der Waals surface area contributed by atoms with E-state index in [0.717, 1.165) is 11.1 Å². The first-order chi connectivity index (χ1) is 12.1. The van der Waals surface area contributed by atoms with Crippen LogP contribution in [0.15, 0.2) is 36.4 Å². The lowest BCUT2D eigenvalue weighted by molar-refractivity contribution is -0.137. The Labute approximate surface area is 143 Å². The molecule has 1 aromatic heterocycles. The average molecular weight is 339 g/mol. The summed E-state index contributed by atoms with van der Waals surface area (Å²) in [5, 5.41) is 9.29. The van der Waals surface area contributed by atoms with E-state index in [-0.39, 0.29) is 6.54 Å². The Morgan fingerprint density at radius 2 is 1.84 bits per heavy atom. The lowest BCUT2D eigenvalue weighted by Gasteiger charge is -2.18. The van der Waals surface area contributed by atoms with Crippen LogP contribution in [0.4, 0.5) is 5.69 Å². The fourth-order valence-electron chi connectivity index (χ4n) is 2.98. The van der Waals surface area contributed by atoms with E-state index in [4.69, 9.17) is 15.2 Å². The summed E-state index contributed by atoms with van der Waals surface area (Å²) in [4.78, 5) is 16.0. The van der Waals surface area contributed by atoms with Gasteiger partial charge in [0.15, 0.2) is 11.5 Å². The molecular weight excluding hydrogens is 322 g/mol. The van der Waals surface area contributed by atoms with Crippen LogP contribution >= 0.6 is 0 Å². The molecule has 7 nitrogen and oxygen atoms in total. The molecule has 0 unspecified atom stereocenters. The molecule has 0 amide bonds. The maximum atomic E-state index is 11.3. The van der Waals surface area contributed by atoms with E-state index in [0.29, 0.717) is 48.2 Å². The predicted molar refractivity (Wildman–Crippen MR) is 92.0 cm³/mol. The third-order valence-electron chi connectivity index (χ3n) is 4.13. The van der Waals surface area contributed by atoms with Crippen molar-refractivity contribution in [1.82, 2.24) is 9.55 Å². The summed E-state index contributed by atoms with van der Waals surface area (Å²) in [5.41, 5.74) is 8.82. The van der Waals surface area contributed by atoms with Gasteiger partial charge in [0, 0.05) is 24.2 Å². The number of ether oxygens (including phenoxy) is 2. The average Bonchev–Trinajstić information content (AvgIpc) is 2.91. The van der Waals surface area contributed by atoms with Crippen LogP contribution in [0.3, 0.4) is 0 Å². The molecular formula is C18H17N3O4. The molecule has 3 aromatic rings. The summed E-state index contributed by atoms with van der Waals surface area (Å²) in [5.74, 6) is 0.999. The van der Waals surface area contributed by atoms with Crippen LogP contribution in [0.25, 0.3) is 11.0 Å². The number of carboxylic acid groups (broad SMARTS) is 1. The van der Waals surface area contributed by atoms with Crippen molar-refractivity contribution in [3.8, 4) is 11.5 Å². The van der Waals surface area contributed by atoms with Crippen molar-refractivity contribution in [3.05, 3.63) is 47.8 Å². The van der Waals surface area contributed by atoms with E-state index in [1.807, 2.05) is 24.3 Å². The lowest BCUT2D eigenvalue weighted by atomic mass is 10.1. The zero-order chi connectivity index (χ0) is 17.4. The number of benzene rings is 2. The number of carboxylic acids is 1. The summed E-state index contributed by atoms with van der Waals surface area (Å²) in [6.45, 7) is 0.803. The van der Waals surface area contributed by atoms with Gasteiger partial charge in [-0.15, -0.1) is 0 Å². The molecule has 7 heteroatoms. The monoisotopic (exact) mass is 339 g/mol. The van der Waals surface area contributed by atoms with Crippen molar-refractivity contribution < 1.29 is 19.4 Å². The van der Waals surface area contributed by atoms with Crippen LogP contribution in [-0.2, 0) is 17.8 Å². The van der Waals surface area contributed by atoms with Crippen LogP contribution in [0, 0.1) is 0 Å². The molecule has 0 spiro atoms. The van der Waals surface area contributed by atoms with Crippen molar-refractivity contribution in [3.63, 3.8) is 0 Å². The molecule has 4 rings (SSSR count). The van der Waals surface area contributed by atoms with Crippen molar-refractivity contribution in [2.45, 2.75) is 13.0 Å². The highest BCUT2D eigenvalue weighted by Gasteiger charge is 2.19. The smallest absolute Gasteiger partial charge is 0.323 e. The number of aliphatic carboxylic acids is 1. The molecule has 128 valence electrons. The van der Waals surface area contributed by atoms with Gasteiger partial charge in [0.2, 0.25) is 0 Å². The first-order valence-electron chi connectivity index (χ1n) is 7.95. The number of rotatable bonds is 4. The Morgan fingerprint density at radius 3 is 2.52 bits per heavy atom. The Morgan fingerprint density at radius 1 is 1.16 bits per heavy atom. The molecule has 0 atom stereocenters. The van der Waals surface area contributed by atoms with Crippen molar-refractivity contribution in [1.29, 1.82) is 0 Å². The van der Waals surface area contributed by atoms with E-state index in [1.165, 1.54) is 0 Å². The fourth-order valence-corrected chi connectivity index (χ4v) is 2.98. The summed E-state index contributed by atoms with van der Waals surface area (Å²) in [6.07, 6.45) is 0.509. The molecule has 0 bridgehead atoms. The number of anilines is 1. The van der Waals surface area contributed by atoms with Crippen molar-refractivity contribution in [2.24, 2.45) is 0 Å². The Hall–Kier alpha value is -3.22. The molecule has 25 heavy (non-hydrogen) atoms. The second kappa shape index (κ2) is 6.01. The van der Waals surface area contributed by atoms with E-state index in [2.05, 4.69) is 4.98 Å². The van der Waals surface area contributed by atoms with Crippen LogP contribution < -0.4 is 15.2 Å². The number of nitrogen functional groups attached to an aromatic ring is 1. The van der Waals surface area contributed by atoms with Crippen molar-refractivity contribution >= 4 is 22.7 Å². The van der Waals surface area contributed by atoms with Gasteiger partial charge in [0.25, 0.3) is 0 Å². The van der Waals surface area contributed by atoms with Gasteiger partial charge in [0.1, 0.15) is 25.6 Å². The minimum absolute atomic E-state index is 0.166. The summed E-state index contributed by atoms with van der Waals surface area (Å²) in [7, 11) is 0. The van der Waals surface area contributed by atoms with Gasteiger partial charge in [-0.2, -0.15) is 0 Å². The van der Waals surface area contributed by atoms with Gasteiger partial charge in [-0.05, 0) is 17.7 Å². The van der Waals surface area contributed by atoms with Gasteiger partial charge in [-0.1, -0.05) is 12.1 Å². The fraction of sp³-hybridized carbons (Fsp3) is 0.222. The third kappa shape index (κ3) is 2.96. The van der Waals surface area contributed by atoms with E-state index < -0.39 is 5.97 Å². The van der Waals surface area contributed by atoms with Crippen LogP contribution in [0.1, 0.15) is 11.4 Å². The Balaban J connectivity index is 1.81. The Kier molecular flexibility index (Phi) is 3.68. The maximum Gasteiger partial charge on any atom is 0.323 e. The van der Waals surface area contributed by atoms with Gasteiger partial charge in [-0.3, -0.25) is 4.79 Å². The normalized spacial score (nSPS) is 13.1. The number of fused-ring (bicyclic) bond motifs is 2. The summed E-state index contributed by atoms with van der Waals surface area (Å²) >= 11 is 0. The molecule has 2 aromatic carbocycles. The van der Waals surface area contributed by atoms with Gasteiger partial charge in [-0.25, -0.2) is 4.98 Å². The number of nitrogens with two attached hydrogens (primary N) is 1. The van der Waals surface area contributed by atoms with Gasteiger partial charge in [0.05, 0.1) is 11.0 Å². The molecule has 1 aliphatic heterocycles. The number of nitrogens with zero attached hydrogens (tertiary/aromatic N) is 2. The standard InChI is InChI=1S/C18H17N3O4/c19-12-3-1-11(2-4-12)7-17-20-13-8-15-16(25-6-5-24-15)9-14(13)21(17)10-18(22)23/h1-4,8-9H,5-7,10,19H2,(H,22,23). The third-order valence-corrected chi connectivity index (χ3v) is 4.13. The molecule has 0 saturated carbocycles. The summed E-state index contributed by atoms with van der Waals surface area (Å²) in [6, 6.07) is 11.1. The zero-order valence-corrected chi connectivity index (χ0v) is 13.4. The number of carbonyl (C=O) groups is 1. The summed E-state index contributed by atoms with van der Waals surface area (Å²) < 4.78 is 12.9. The molecule has 0 radical (unpaired) electrons. The largest absolute Gasteiger partial charge is 0.486 e.